The van der Waals surface area contributed by atoms with Crippen LogP contribution in [-0.2, 0) is 22.0 Å². The lowest BCUT2D eigenvalue weighted by Crippen LogP contribution is -2.20. The van der Waals surface area contributed by atoms with Gasteiger partial charge in [-0.2, -0.15) is 0 Å². The second kappa shape index (κ2) is 11.4. The number of hydrogen-bond donors (Lipinski definition) is 0. The number of hydrogen-bond acceptors (Lipinski definition) is 8. The Labute approximate surface area is 277 Å². The van der Waals surface area contributed by atoms with Gasteiger partial charge in [0, 0.05) is 38.7 Å². The number of aromatic nitrogens is 4. The van der Waals surface area contributed by atoms with Crippen molar-refractivity contribution in [3.8, 4) is 0 Å². The SMILES string of the molecule is CC(=O)OCc1nc2c(=O)n(C3CC3)c3c(C)c(Br)ccc3c2o1.Cc1c(Br)ccc2c3oc(CCl)nc3c(=O)n(C3CC3)c12. The average Bonchev–Trinajstić information content (AvgIpc) is 3.95. The maximum atomic E-state index is 13.0. The van der Waals surface area contributed by atoms with Crippen molar-refractivity contribution >= 4 is 93.4 Å². The minimum Gasteiger partial charge on any atom is -0.456 e. The summed E-state index contributed by atoms with van der Waals surface area (Å²) in [6.07, 6.45) is 4.05. The predicted molar refractivity (Wildman–Crippen MR) is 178 cm³/mol. The van der Waals surface area contributed by atoms with Gasteiger partial charge < -0.3 is 22.7 Å². The van der Waals surface area contributed by atoms with E-state index in [0.29, 0.717) is 28.1 Å². The second-order valence-electron chi connectivity index (χ2n) is 11.4. The van der Waals surface area contributed by atoms with Crippen LogP contribution < -0.4 is 11.1 Å². The quantitative estimate of drug-likeness (QED) is 0.129. The molecule has 2 fully saturated rings. The number of carbonyl (C=O) groups is 1. The molecule has 0 unspecified atom stereocenters. The Kier molecular flexibility index (Phi) is 7.65. The number of rotatable bonds is 5. The van der Waals surface area contributed by atoms with Crippen LogP contribution in [0.2, 0.25) is 0 Å². The van der Waals surface area contributed by atoms with Gasteiger partial charge >= 0.3 is 5.97 Å². The summed E-state index contributed by atoms with van der Waals surface area (Å²) in [5.41, 5.74) is 5.27. The first-order valence-corrected chi connectivity index (χ1v) is 16.7. The van der Waals surface area contributed by atoms with Gasteiger partial charge in [-0.3, -0.25) is 14.4 Å². The molecule has 0 saturated heterocycles. The minimum absolute atomic E-state index is 0.0795. The van der Waals surface area contributed by atoms with Crippen LogP contribution in [0.1, 0.15) is 67.6 Å². The fourth-order valence-corrected chi connectivity index (χ4v) is 6.55. The maximum absolute atomic E-state index is 13.0. The van der Waals surface area contributed by atoms with E-state index in [1.165, 1.54) is 6.92 Å². The molecular weight excluding hydrogens is 732 g/mol. The number of halogens is 3. The summed E-state index contributed by atoms with van der Waals surface area (Å²) in [5.74, 6) is 0.360. The number of fused-ring (bicyclic) bond motifs is 6. The third-order valence-electron chi connectivity index (χ3n) is 8.22. The van der Waals surface area contributed by atoms with Gasteiger partial charge in [-0.15, -0.1) is 11.6 Å². The van der Waals surface area contributed by atoms with Gasteiger partial charge in [0.1, 0.15) is 0 Å². The molecule has 8 rings (SSSR count). The molecule has 2 aromatic carbocycles. The lowest BCUT2D eigenvalue weighted by atomic mass is 10.1. The Hall–Kier alpha value is -3.48. The van der Waals surface area contributed by atoms with Crippen LogP contribution in [0, 0.1) is 13.8 Å². The number of oxazole rings is 2. The summed E-state index contributed by atoms with van der Waals surface area (Å²) in [4.78, 5) is 45.3. The number of benzene rings is 2. The van der Waals surface area contributed by atoms with Crippen molar-refractivity contribution in [2.24, 2.45) is 0 Å². The van der Waals surface area contributed by atoms with Crippen LogP contribution in [0.3, 0.4) is 0 Å². The first-order valence-electron chi connectivity index (χ1n) is 14.5. The standard InChI is InChI=1S/C17H15BrN2O4.C15H12BrClN2O2/c1-8-12(18)6-5-11-15(8)20(10-3-4-10)17(22)14-16(11)24-13(19-14)7-23-9(2)21;1-7-10(16)5-4-9-13(7)19(8-2-3-8)15(20)12-14(9)21-11(6-17)18-12/h5-6,10H,3-4,7H2,1-2H3;4-5,8H,2-3,6H2,1H3. The number of pyridine rings is 2. The first kappa shape index (κ1) is 30.2. The fourth-order valence-electron chi connectivity index (χ4n) is 5.80. The minimum atomic E-state index is -0.419. The number of ether oxygens (including phenoxy) is 1. The van der Waals surface area contributed by atoms with Crippen molar-refractivity contribution in [1.29, 1.82) is 0 Å². The third-order valence-corrected chi connectivity index (χ3v) is 10.2. The molecule has 13 heteroatoms. The monoisotopic (exact) mass is 756 g/mol. The highest BCUT2D eigenvalue weighted by Gasteiger charge is 2.31. The molecule has 4 aromatic heterocycles. The lowest BCUT2D eigenvalue weighted by Gasteiger charge is -2.12. The normalized spacial score (nSPS) is 14.8. The van der Waals surface area contributed by atoms with E-state index in [4.69, 9.17) is 25.2 Å². The van der Waals surface area contributed by atoms with Crippen molar-refractivity contribution in [3.05, 3.63) is 76.8 Å². The van der Waals surface area contributed by atoms with Crippen LogP contribution in [0.25, 0.3) is 44.0 Å². The first-order chi connectivity index (χ1) is 21.6. The molecule has 4 heterocycles. The molecule has 0 N–H and O–H groups in total. The zero-order chi connectivity index (χ0) is 31.7. The van der Waals surface area contributed by atoms with E-state index in [1.807, 2.05) is 47.2 Å². The molecule has 0 spiro atoms. The largest absolute Gasteiger partial charge is 0.456 e. The zero-order valence-corrected chi connectivity index (χ0v) is 28.5. The van der Waals surface area contributed by atoms with E-state index in [2.05, 4.69) is 41.8 Å². The third kappa shape index (κ3) is 5.20. The number of nitrogens with zero attached hydrogens (tertiary/aromatic N) is 4. The molecule has 0 bridgehead atoms. The summed E-state index contributed by atoms with van der Waals surface area (Å²) in [7, 11) is 0. The molecule has 2 aliphatic carbocycles. The molecule has 0 atom stereocenters. The van der Waals surface area contributed by atoms with E-state index >= 15 is 0 Å². The van der Waals surface area contributed by atoms with E-state index < -0.39 is 5.97 Å². The van der Waals surface area contributed by atoms with Gasteiger partial charge in [-0.25, -0.2) is 9.97 Å². The van der Waals surface area contributed by atoms with Crippen molar-refractivity contribution in [1.82, 2.24) is 19.1 Å². The zero-order valence-electron chi connectivity index (χ0n) is 24.6. The molecule has 0 radical (unpaired) electrons. The van der Waals surface area contributed by atoms with Gasteiger partial charge in [0.25, 0.3) is 11.1 Å². The van der Waals surface area contributed by atoms with E-state index in [0.717, 1.165) is 67.6 Å². The van der Waals surface area contributed by atoms with Crippen LogP contribution in [0.4, 0.5) is 0 Å². The topological polar surface area (TPSA) is 122 Å². The Morgan fingerprint density at radius 2 is 1.29 bits per heavy atom. The Balaban J connectivity index is 0.000000146. The summed E-state index contributed by atoms with van der Waals surface area (Å²) < 4.78 is 22.0. The van der Waals surface area contributed by atoms with E-state index in [1.54, 1.807) is 0 Å². The van der Waals surface area contributed by atoms with E-state index in [9.17, 15) is 14.4 Å². The van der Waals surface area contributed by atoms with Crippen LogP contribution in [0.5, 0.6) is 0 Å². The average molecular weight is 759 g/mol. The van der Waals surface area contributed by atoms with Gasteiger partial charge in [-0.1, -0.05) is 31.9 Å². The number of carbonyl (C=O) groups excluding carboxylic acids is 1. The smallest absolute Gasteiger partial charge is 0.303 e. The van der Waals surface area contributed by atoms with E-state index in [-0.39, 0.29) is 41.6 Å². The molecule has 2 aliphatic rings. The molecule has 0 amide bonds. The fraction of sp³-hybridized carbons (Fsp3) is 0.344. The van der Waals surface area contributed by atoms with Gasteiger partial charge in [0.05, 0.1) is 16.9 Å². The number of esters is 1. The molecule has 10 nitrogen and oxygen atoms in total. The Bertz CT molecular complexity index is 2310. The summed E-state index contributed by atoms with van der Waals surface area (Å²) >= 11 is 12.9. The van der Waals surface area contributed by atoms with Crippen molar-refractivity contribution in [3.63, 3.8) is 0 Å². The molecule has 6 aromatic rings. The van der Waals surface area contributed by atoms with Crippen molar-refractivity contribution < 1.29 is 18.4 Å². The summed E-state index contributed by atoms with van der Waals surface area (Å²) in [6.45, 7) is 5.23. The highest BCUT2D eigenvalue weighted by Crippen LogP contribution is 2.41. The van der Waals surface area contributed by atoms with Crippen molar-refractivity contribution in [2.75, 3.05) is 0 Å². The van der Waals surface area contributed by atoms with Gasteiger partial charge in [0.15, 0.2) is 28.8 Å². The summed E-state index contributed by atoms with van der Waals surface area (Å²) in [6, 6.07) is 8.29. The predicted octanol–water partition coefficient (Wildman–Crippen LogP) is 7.90. The van der Waals surface area contributed by atoms with Gasteiger partial charge in [0.2, 0.25) is 11.8 Å². The number of aryl methyl sites for hydroxylation is 2. The molecule has 45 heavy (non-hydrogen) atoms. The molecule has 232 valence electrons. The van der Waals surface area contributed by atoms with Crippen LogP contribution >= 0.6 is 43.5 Å². The highest BCUT2D eigenvalue weighted by atomic mass is 79.9. The molecule has 0 aliphatic heterocycles. The Morgan fingerprint density at radius 1 is 0.844 bits per heavy atom. The number of alkyl halides is 1. The van der Waals surface area contributed by atoms with Crippen LogP contribution in [-0.4, -0.2) is 25.1 Å². The summed E-state index contributed by atoms with van der Waals surface area (Å²) in [5, 5.41) is 1.76. The van der Waals surface area contributed by atoms with Crippen LogP contribution in [0.15, 0.2) is 51.6 Å². The maximum Gasteiger partial charge on any atom is 0.303 e. The lowest BCUT2D eigenvalue weighted by molar-refractivity contribution is -0.142. The molecule has 2 saturated carbocycles. The molecular formula is C32H27Br2ClN4O6. The van der Waals surface area contributed by atoms with Crippen molar-refractivity contribution in [2.45, 2.75) is 71.0 Å². The van der Waals surface area contributed by atoms with Gasteiger partial charge in [-0.05, 0) is 74.9 Å². The highest BCUT2D eigenvalue weighted by molar-refractivity contribution is 9.10. The second-order valence-corrected chi connectivity index (χ2v) is 13.4. The Morgan fingerprint density at radius 3 is 1.71 bits per heavy atom.